The highest BCUT2D eigenvalue weighted by Crippen LogP contribution is 2.24. The van der Waals surface area contributed by atoms with Crippen molar-refractivity contribution >= 4 is 0 Å². The normalized spacial score (nSPS) is 13.8. The fraction of sp³-hybridized carbons (Fsp3) is 0.353. The predicted molar refractivity (Wildman–Crippen MR) is 81.7 cm³/mol. The minimum absolute atomic E-state index is 0.102. The van der Waals surface area contributed by atoms with Gasteiger partial charge in [0.05, 0.1) is 0 Å². The van der Waals surface area contributed by atoms with Gasteiger partial charge in [0, 0.05) is 24.0 Å². The molecule has 3 heteroatoms. The van der Waals surface area contributed by atoms with Gasteiger partial charge in [0.2, 0.25) is 0 Å². The van der Waals surface area contributed by atoms with E-state index in [-0.39, 0.29) is 12.1 Å². The van der Waals surface area contributed by atoms with Crippen LogP contribution >= 0.6 is 0 Å². The Hall–Kier alpha value is -1.87. The van der Waals surface area contributed by atoms with Crippen LogP contribution in [0.3, 0.4) is 0 Å². The van der Waals surface area contributed by atoms with E-state index in [2.05, 4.69) is 24.0 Å². The SMILES string of the molecule is CCCc1ccc(OC(c2cccnc2)C(C)N)cc1. The van der Waals surface area contributed by atoms with E-state index in [1.54, 1.807) is 12.4 Å². The van der Waals surface area contributed by atoms with Crippen molar-refractivity contribution in [2.75, 3.05) is 0 Å². The van der Waals surface area contributed by atoms with Gasteiger partial charge in [-0.2, -0.15) is 0 Å². The fourth-order valence-corrected chi connectivity index (χ4v) is 2.19. The van der Waals surface area contributed by atoms with Crippen molar-refractivity contribution in [1.29, 1.82) is 0 Å². The molecule has 2 N–H and O–H groups in total. The zero-order chi connectivity index (χ0) is 14.4. The van der Waals surface area contributed by atoms with Gasteiger partial charge in [-0.25, -0.2) is 0 Å². The summed E-state index contributed by atoms with van der Waals surface area (Å²) in [6.45, 7) is 4.13. The quantitative estimate of drug-likeness (QED) is 0.874. The number of ether oxygens (including phenoxy) is 1. The Balaban J connectivity index is 2.12. The van der Waals surface area contributed by atoms with E-state index in [1.165, 1.54) is 5.56 Å². The van der Waals surface area contributed by atoms with Crippen LogP contribution in [0.5, 0.6) is 5.75 Å². The monoisotopic (exact) mass is 270 g/mol. The number of aromatic nitrogens is 1. The summed E-state index contributed by atoms with van der Waals surface area (Å²) in [7, 11) is 0. The number of nitrogens with zero attached hydrogens (tertiary/aromatic N) is 1. The zero-order valence-electron chi connectivity index (χ0n) is 12.1. The molecule has 0 amide bonds. The summed E-state index contributed by atoms with van der Waals surface area (Å²) in [6.07, 6.45) is 5.62. The summed E-state index contributed by atoms with van der Waals surface area (Å²) in [4.78, 5) is 4.13. The molecule has 0 aliphatic rings. The molecule has 2 aromatic rings. The summed E-state index contributed by atoms with van der Waals surface area (Å²) < 4.78 is 6.03. The third-order valence-corrected chi connectivity index (χ3v) is 3.22. The predicted octanol–water partition coefficient (Wildman–Crippen LogP) is 3.50. The largest absolute Gasteiger partial charge is 0.484 e. The van der Waals surface area contributed by atoms with Crippen LogP contribution in [0.25, 0.3) is 0 Å². The van der Waals surface area contributed by atoms with E-state index in [9.17, 15) is 0 Å². The first-order valence-corrected chi connectivity index (χ1v) is 7.11. The Bertz CT molecular complexity index is 508. The maximum absolute atomic E-state index is 6.04. The van der Waals surface area contributed by atoms with Crippen molar-refractivity contribution in [1.82, 2.24) is 4.98 Å². The first kappa shape index (κ1) is 14.5. The highest BCUT2D eigenvalue weighted by Gasteiger charge is 2.18. The summed E-state index contributed by atoms with van der Waals surface area (Å²) >= 11 is 0. The second-order valence-corrected chi connectivity index (χ2v) is 5.08. The van der Waals surface area contributed by atoms with Crippen LogP contribution in [0, 0.1) is 0 Å². The van der Waals surface area contributed by atoms with Crippen LogP contribution in [0.1, 0.15) is 37.5 Å². The van der Waals surface area contributed by atoms with Crippen LogP contribution < -0.4 is 10.5 Å². The minimum Gasteiger partial charge on any atom is -0.484 e. The molecule has 0 aliphatic carbocycles. The average Bonchev–Trinajstić information content (AvgIpc) is 2.47. The number of rotatable bonds is 6. The molecule has 0 saturated heterocycles. The van der Waals surface area contributed by atoms with Gasteiger partial charge in [-0.05, 0) is 37.1 Å². The maximum Gasteiger partial charge on any atom is 0.140 e. The number of hydrogen-bond acceptors (Lipinski definition) is 3. The van der Waals surface area contributed by atoms with Crippen molar-refractivity contribution in [3.05, 3.63) is 59.9 Å². The standard InChI is InChI=1S/C17H22N2O/c1-3-5-14-7-9-16(10-8-14)20-17(13(2)18)15-6-4-11-19-12-15/h4,6-13,17H,3,5,18H2,1-2H3. The van der Waals surface area contributed by atoms with Gasteiger partial charge in [0.25, 0.3) is 0 Å². The summed E-state index contributed by atoms with van der Waals surface area (Å²) in [5, 5.41) is 0. The molecule has 0 radical (unpaired) electrons. The minimum atomic E-state index is -0.180. The molecule has 0 spiro atoms. The van der Waals surface area contributed by atoms with E-state index in [0.29, 0.717) is 0 Å². The summed E-state index contributed by atoms with van der Waals surface area (Å²) in [5.74, 6) is 0.844. The number of aryl methyl sites for hydroxylation is 1. The van der Waals surface area contributed by atoms with Crippen LogP contribution in [-0.2, 0) is 6.42 Å². The second-order valence-electron chi connectivity index (χ2n) is 5.08. The third kappa shape index (κ3) is 3.81. The van der Waals surface area contributed by atoms with E-state index in [1.807, 2.05) is 31.2 Å². The molecule has 0 bridgehead atoms. The van der Waals surface area contributed by atoms with Gasteiger partial charge in [0.15, 0.2) is 0 Å². The Kier molecular flexibility index (Phi) is 5.13. The molecular formula is C17H22N2O. The van der Waals surface area contributed by atoms with E-state index >= 15 is 0 Å². The maximum atomic E-state index is 6.04. The van der Waals surface area contributed by atoms with Crippen molar-refractivity contribution in [3.8, 4) is 5.75 Å². The van der Waals surface area contributed by atoms with E-state index < -0.39 is 0 Å². The highest BCUT2D eigenvalue weighted by molar-refractivity contribution is 5.28. The molecular weight excluding hydrogens is 248 g/mol. The topological polar surface area (TPSA) is 48.1 Å². The number of pyridine rings is 1. The Labute approximate surface area is 120 Å². The van der Waals surface area contributed by atoms with Gasteiger partial charge in [-0.1, -0.05) is 31.5 Å². The molecule has 2 rings (SSSR count). The Morgan fingerprint density at radius 1 is 1.20 bits per heavy atom. The lowest BCUT2D eigenvalue weighted by Crippen LogP contribution is -2.29. The zero-order valence-corrected chi connectivity index (χ0v) is 12.1. The molecule has 2 unspecified atom stereocenters. The molecule has 20 heavy (non-hydrogen) atoms. The molecule has 106 valence electrons. The van der Waals surface area contributed by atoms with E-state index in [4.69, 9.17) is 10.5 Å². The van der Waals surface area contributed by atoms with Crippen LogP contribution in [0.2, 0.25) is 0 Å². The average molecular weight is 270 g/mol. The van der Waals surface area contributed by atoms with Gasteiger partial charge in [-0.15, -0.1) is 0 Å². The molecule has 0 saturated carbocycles. The van der Waals surface area contributed by atoms with Crippen molar-refractivity contribution < 1.29 is 4.74 Å². The lowest BCUT2D eigenvalue weighted by atomic mass is 10.1. The Morgan fingerprint density at radius 2 is 1.95 bits per heavy atom. The first-order chi connectivity index (χ1) is 9.70. The van der Waals surface area contributed by atoms with Gasteiger partial charge >= 0.3 is 0 Å². The molecule has 0 fully saturated rings. The van der Waals surface area contributed by atoms with E-state index in [0.717, 1.165) is 24.2 Å². The molecule has 1 aromatic heterocycles. The van der Waals surface area contributed by atoms with Crippen LogP contribution in [0.4, 0.5) is 0 Å². The molecule has 1 heterocycles. The summed E-state index contributed by atoms with van der Waals surface area (Å²) in [6, 6.07) is 12.0. The molecule has 3 nitrogen and oxygen atoms in total. The van der Waals surface area contributed by atoms with Gasteiger partial charge in [-0.3, -0.25) is 4.98 Å². The lowest BCUT2D eigenvalue weighted by Gasteiger charge is -2.22. The first-order valence-electron chi connectivity index (χ1n) is 7.11. The van der Waals surface area contributed by atoms with Crippen molar-refractivity contribution in [3.63, 3.8) is 0 Å². The fourth-order valence-electron chi connectivity index (χ4n) is 2.19. The summed E-state index contributed by atoms with van der Waals surface area (Å²) in [5.41, 5.74) is 8.37. The smallest absolute Gasteiger partial charge is 0.140 e. The molecule has 0 aliphatic heterocycles. The highest BCUT2D eigenvalue weighted by atomic mass is 16.5. The molecule has 1 aromatic carbocycles. The number of nitrogens with two attached hydrogens (primary N) is 1. The third-order valence-electron chi connectivity index (χ3n) is 3.22. The number of benzene rings is 1. The van der Waals surface area contributed by atoms with Crippen molar-refractivity contribution in [2.24, 2.45) is 5.73 Å². The van der Waals surface area contributed by atoms with Gasteiger partial charge < -0.3 is 10.5 Å². The van der Waals surface area contributed by atoms with Crippen LogP contribution in [0.15, 0.2) is 48.8 Å². The second kappa shape index (κ2) is 7.06. The van der Waals surface area contributed by atoms with Crippen molar-refractivity contribution in [2.45, 2.75) is 38.8 Å². The van der Waals surface area contributed by atoms with Gasteiger partial charge in [0.1, 0.15) is 11.9 Å². The van der Waals surface area contributed by atoms with Crippen LogP contribution in [-0.4, -0.2) is 11.0 Å². The number of hydrogen-bond donors (Lipinski definition) is 1. The lowest BCUT2D eigenvalue weighted by molar-refractivity contribution is 0.180. The Morgan fingerprint density at radius 3 is 2.50 bits per heavy atom. The molecule has 2 atom stereocenters.